The van der Waals surface area contributed by atoms with E-state index in [-0.39, 0.29) is 0 Å². The summed E-state index contributed by atoms with van der Waals surface area (Å²) in [5.41, 5.74) is 4.04. The van der Waals surface area contributed by atoms with E-state index in [1.807, 2.05) is 23.3 Å². The number of hydrogen-bond acceptors (Lipinski definition) is 3. The second kappa shape index (κ2) is 3.82. The van der Waals surface area contributed by atoms with Crippen molar-refractivity contribution < 1.29 is 0 Å². The molecule has 2 heterocycles. The van der Waals surface area contributed by atoms with Crippen molar-refractivity contribution in [2.45, 2.75) is 20.4 Å². The van der Waals surface area contributed by atoms with E-state index in [0.717, 1.165) is 22.4 Å². The molecule has 0 unspecified atom stereocenters. The summed E-state index contributed by atoms with van der Waals surface area (Å²) in [7, 11) is 0. The van der Waals surface area contributed by atoms with Gasteiger partial charge in [0.05, 0.1) is 27.9 Å². The van der Waals surface area contributed by atoms with Crippen LogP contribution in [-0.2, 0) is 6.54 Å². The first-order valence-electron chi connectivity index (χ1n) is 4.25. The average Bonchev–Trinajstić information content (AvgIpc) is 2.73. The van der Waals surface area contributed by atoms with Gasteiger partial charge in [-0.2, -0.15) is 5.10 Å². The lowest BCUT2D eigenvalue weighted by Crippen LogP contribution is -2.02. The van der Waals surface area contributed by atoms with Crippen molar-refractivity contribution >= 4 is 27.3 Å². The zero-order valence-electron chi connectivity index (χ0n) is 7.99. The zero-order valence-corrected chi connectivity index (χ0v) is 10.4. The van der Waals surface area contributed by atoms with E-state index < -0.39 is 0 Å². The first-order valence-corrected chi connectivity index (χ1v) is 5.92. The number of halogens is 1. The number of aryl methyl sites for hydroxylation is 1. The second-order valence-electron chi connectivity index (χ2n) is 3.11. The molecule has 0 amide bonds. The lowest BCUT2D eigenvalue weighted by Gasteiger charge is -2.00. The zero-order chi connectivity index (χ0) is 10.1. The molecule has 0 spiro atoms. The molecule has 0 fully saturated rings. The van der Waals surface area contributed by atoms with Gasteiger partial charge >= 0.3 is 0 Å². The van der Waals surface area contributed by atoms with Crippen LogP contribution in [0.4, 0.5) is 0 Å². The van der Waals surface area contributed by atoms with Gasteiger partial charge in [0, 0.05) is 11.1 Å². The van der Waals surface area contributed by atoms with E-state index in [4.69, 9.17) is 0 Å². The highest BCUT2D eigenvalue weighted by Crippen LogP contribution is 2.21. The summed E-state index contributed by atoms with van der Waals surface area (Å²) in [6.45, 7) is 4.87. The molecule has 0 atom stereocenters. The molecule has 0 radical (unpaired) electrons. The van der Waals surface area contributed by atoms with Crippen LogP contribution in [0.15, 0.2) is 16.2 Å². The van der Waals surface area contributed by atoms with Crippen LogP contribution in [-0.4, -0.2) is 14.8 Å². The molecule has 0 N–H and O–H groups in total. The van der Waals surface area contributed by atoms with Gasteiger partial charge in [-0.15, -0.1) is 11.3 Å². The minimum atomic E-state index is 0.808. The Hall–Kier alpha value is -0.680. The fourth-order valence-electron chi connectivity index (χ4n) is 1.30. The quantitative estimate of drug-likeness (QED) is 0.841. The van der Waals surface area contributed by atoms with Crippen LogP contribution in [0.1, 0.15) is 16.3 Å². The van der Waals surface area contributed by atoms with Gasteiger partial charge in [-0.05, 0) is 29.8 Å². The summed E-state index contributed by atoms with van der Waals surface area (Å²) in [5.74, 6) is 0. The molecule has 2 aromatic heterocycles. The molecule has 2 rings (SSSR count). The fraction of sp³-hybridized carbons (Fsp3) is 0.333. The van der Waals surface area contributed by atoms with Crippen LogP contribution in [0.2, 0.25) is 0 Å². The summed E-state index contributed by atoms with van der Waals surface area (Å²) < 4.78 is 3.09. The van der Waals surface area contributed by atoms with Gasteiger partial charge < -0.3 is 0 Å². The topological polar surface area (TPSA) is 30.7 Å². The monoisotopic (exact) mass is 271 g/mol. The first-order chi connectivity index (χ1) is 6.68. The minimum absolute atomic E-state index is 0.808. The van der Waals surface area contributed by atoms with Crippen LogP contribution >= 0.6 is 27.3 Å². The van der Waals surface area contributed by atoms with Crippen molar-refractivity contribution in [3.05, 3.63) is 32.4 Å². The highest BCUT2D eigenvalue weighted by molar-refractivity contribution is 9.10. The predicted octanol–water partition coefficient (Wildman–Crippen LogP) is 2.77. The molecule has 0 aromatic carbocycles. The van der Waals surface area contributed by atoms with E-state index in [0.29, 0.717) is 0 Å². The Balaban J connectivity index is 2.30. The van der Waals surface area contributed by atoms with Crippen LogP contribution in [0.3, 0.4) is 0 Å². The summed E-state index contributed by atoms with van der Waals surface area (Å²) in [4.78, 5) is 5.27. The van der Waals surface area contributed by atoms with E-state index in [2.05, 4.69) is 32.9 Å². The van der Waals surface area contributed by atoms with E-state index in [1.54, 1.807) is 11.3 Å². The fourth-order valence-corrected chi connectivity index (χ4v) is 2.16. The second-order valence-corrected chi connectivity index (χ2v) is 4.87. The molecule has 0 aliphatic rings. The summed E-state index contributed by atoms with van der Waals surface area (Å²) in [6.07, 6.45) is 1.88. The third-order valence-corrected chi connectivity index (χ3v) is 3.99. The molecule has 3 nitrogen and oxygen atoms in total. The van der Waals surface area contributed by atoms with Crippen LogP contribution in [0.25, 0.3) is 0 Å². The Morgan fingerprint density at radius 3 is 2.79 bits per heavy atom. The van der Waals surface area contributed by atoms with Gasteiger partial charge in [0.2, 0.25) is 0 Å². The first kappa shape index (κ1) is 9.86. The summed E-state index contributed by atoms with van der Waals surface area (Å²) in [5, 5.41) is 4.43. The number of aromatic nitrogens is 3. The molecule has 0 saturated carbocycles. The van der Waals surface area contributed by atoms with Gasteiger partial charge in [0.15, 0.2) is 0 Å². The van der Waals surface area contributed by atoms with Crippen molar-refractivity contribution in [3.8, 4) is 0 Å². The molecule has 0 aliphatic heterocycles. The van der Waals surface area contributed by atoms with Gasteiger partial charge in [0.1, 0.15) is 0 Å². The molecule has 0 bridgehead atoms. The van der Waals surface area contributed by atoms with Crippen molar-refractivity contribution in [2.75, 3.05) is 0 Å². The standard InChI is InChI=1S/C9H10BrN3S/c1-6-9(10)7(2)13(12-6)4-8-3-11-5-14-8/h3,5H,4H2,1-2H3. The van der Waals surface area contributed by atoms with Crippen LogP contribution in [0.5, 0.6) is 0 Å². The smallest absolute Gasteiger partial charge is 0.0794 e. The molecule has 0 saturated heterocycles. The number of rotatable bonds is 2. The highest BCUT2D eigenvalue weighted by Gasteiger charge is 2.08. The van der Waals surface area contributed by atoms with Gasteiger partial charge in [-0.1, -0.05) is 0 Å². The lowest BCUT2D eigenvalue weighted by atomic mass is 10.4. The Morgan fingerprint density at radius 2 is 2.29 bits per heavy atom. The molecule has 74 valence electrons. The van der Waals surface area contributed by atoms with Crippen molar-refractivity contribution in [1.29, 1.82) is 0 Å². The largest absolute Gasteiger partial charge is 0.263 e. The van der Waals surface area contributed by atoms with E-state index >= 15 is 0 Å². The van der Waals surface area contributed by atoms with Crippen molar-refractivity contribution in [1.82, 2.24) is 14.8 Å². The lowest BCUT2D eigenvalue weighted by molar-refractivity contribution is 0.665. The minimum Gasteiger partial charge on any atom is -0.263 e. The normalized spacial score (nSPS) is 10.8. The maximum atomic E-state index is 4.43. The van der Waals surface area contributed by atoms with Crippen molar-refractivity contribution in [2.24, 2.45) is 0 Å². The molecule has 14 heavy (non-hydrogen) atoms. The summed E-state index contributed by atoms with van der Waals surface area (Å²) >= 11 is 5.16. The van der Waals surface area contributed by atoms with Crippen molar-refractivity contribution in [3.63, 3.8) is 0 Å². The Morgan fingerprint density at radius 1 is 1.50 bits per heavy atom. The molecular formula is C9H10BrN3S. The van der Waals surface area contributed by atoms with Crippen LogP contribution in [0, 0.1) is 13.8 Å². The van der Waals surface area contributed by atoms with Gasteiger partial charge in [-0.25, -0.2) is 0 Å². The maximum absolute atomic E-state index is 4.43. The third-order valence-electron chi connectivity index (χ3n) is 2.08. The summed E-state index contributed by atoms with van der Waals surface area (Å²) in [6, 6.07) is 0. The molecule has 5 heteroatoms. The van der Waals surface area contributed by atoms with Crippen LogP contribution < -0.4 is 0 Å². The van der Waals surface area contributed by atoms with Gasteiger partial charge in [-0.3, -0.25) is 9.67 Å². The Bertz CT molecular complexity index is 433. The maximum Gasteiger partial charge on any atom is 0.0794 e. The highest BCUT2D eigenvalue weighted by atomic mass is 79.9. The number of nitrogens with zero attached hydrogens (tertiary/aromatic N) is 3. The van der Waals surface area contributed by atoms with E-state index in [9.17, 15) is 0 Å². The SMILES string of the molecule is Cc1nn(Cc2cncs2)c(C)c1Br. The number of thiazole rings is 1. The third kappa shape index (κ3) is 1.74. The average molecular weight is 272 g/mol. The Labute approximate surface area is 94.9 Å². The number of hydrogen-bond donors (Lipinski definition) is 0. The van der Waals surface area contributed by atoms with E-state index in [1.165, 1.54) is 4.88 Å². The predicted molar refractivity (Wildman–Crippen MR) is 60.6 cm³/mol. The molecular weight excluding hydrogens is 262 g/mol. The molecule has 0 aliphatic carbocycles. The molecule has 2 aromatic rings. The Kier molecular flexibility index (Phi) is 2.69. The van der Waals surface area contributed by atoms with Gasteiger partial charge in [0.25, 0.3) is 0 Å².